The summed E-state index contributed by atoms with van der Waals surface area (Å²) in [5.41, 5.74) is 6.58. The van der Waals surface area contributed by atoms with Gasteiger partial charge in [-0.05, 0) is 19.6 Å². The Kier molecular flexibility index (Phi) is 15.9. The molecule has 0 aromatic heterocycles. The van der Waals surface area contributed by atoms with Crippen LogP contribution < -0.4 is 0 Å². The van der Waals surface area contributed by atoms with Gasteiger partial charge in [0.1, 0.15) is 0 Å². The molecule has 0 saturated carbocycles. The van der Waals surface area contributed by atoms with Crippen LogP contribution in [-0.2, 0) is 26.3 Å². The summed E-state index contributed by atoms with van der Waals surface area (Å²) >= 11 is -0.556. The summed E-state index contributed by atoms with van der Waals surface area (Å²) < 4.78 is 5.34. The number of rotatable bonds is 4. The topological polar surface area (TPSA) is 50.1 Å². The molecule has 0 aliphatic heterocycles. The second-order valence-corrected chi connectivity index (χ2v) is 15.1. The fourth-order valence-corrected chi connectivity index (χ4v) is 3.07. The van der Waals surface area contributed by atoms with Crippen LogP contribution in [0.2, 0.25) is 32.7 Å². The molecule has 0 bridgehead atoms. The molecule has 1 amide bonds. The third kappa shape index (κ3) is 13.4. The van der Waals surface area contributed by atoms with E-state index >= 15 is 0 Å². The van der Waals surface area contributed by atoms with E-state index in [1.54, 1.807) is 0 Å². The second-order valence-electron chi connectivity index (χ2n) is 7.02. The fraction of sp³-hybridized carbons (Fsp3) is 0.333. The molecule has 0 aliphatic carbocycles. The number of halogens is 2. The van der Waals surface area contributed by atoms with Crippen LogP contribution in [0.5, 0.6) is 0 Å². The number of fused-ring (bicyclic) bond motifs is 3. The number of carbonyl (C=O) groups is 1. The van der Waals surface area contributed by atoms with Crippen LogP contribution in [0.15, 0.2) is 54.6 Å². The first-order valence-corrected chi connectivity index (χ1v) is 18.9. The van der Waals surface area contributed by atoms with Crippen LogP contribution in [-0.4, -0.2) is 30.4 Å². The summed E-state index contributed by atoms with van der Waals surface area (Å²) in [6.07, 6.45) is 0.226. The summed E-state index contributed by atoms with van der Waals surface area (Å²) in [7, 11) is 9.40. The Labute approximate surface area is 195 Å². The Bertz CT molecular complexity index is 786. The van der Waals surface area contributed by atoms with Gasteiger partial charge in [0.2, 0.25) is 0 Å². The van der Waals surface area contributed by atoms with Crippen molar-refractivity contribution in [3.63, 3.8) is 0 Å². The van der Waals surface area contributed by atoms with Gasteiger partial charge in [-0.3, -0.25) is 0 Å². The van der Waals surface area contributed by atoms with E-state index in [-0.39, 0.29) is 6.42 Å². The van der Waals surface area contributed by atoms with Crippen molar-refractivity contribution in [2.45, 2.75) is 39.2 Å². The SMILES string of the molecule is C[Si](C)(C)OCCC([NH-])=O.C[Si]C.[Cl][Ti][Cl].c1ccc2c(c1)[cH-]c1ccccc12. The van der Waals surface area contributed by atoms with Gasteiger partial charge >= 0.3 is 35.6 Å². The first-order valence-electron chi connectivity index (χ1n) is 9.16. The Morgan fingerprint density at radius 2 is 1.41 bits per heavy atom. The van der Waals surface area contributed by atoms with Crippen LogP contribution in [0, 0.1) is 0 Å². The minimum atomic E-state index is -1.46. The Morgan fingerprint density at radius 3 is 1.76 bits per heavy atom. The molecule has 3 aromatic rings. The molecule has 0 atom stereocenters. The monoisotopic (exact) mass is 501 g/mol. The molecule has 8 heteroatoms. The van der Waals surface area contributed by atoms with Crippen molar-refractivity contribution in [1.29, 1.82) is 0 Å². The number of benzene rings is 2. The van der Waals surface area contributed by atoms with Gasteiger partial charge in [0.05, 0.1) is 5.91 Å². The zero-order valence-corrected chi connectivity index (χ0v) is 22.8. The standard InChI is InChI=1S/C13H9.C6H15NO2Si.C2H6Si.2ClH.Ti/c1-3-7-12-10(5-1)9-11-6-2-4-8-13(11)12;1-10(2,3)9-5-4-6(7)8;1-3-2;;;/h1-9H;4-5H2,1-3H3,(H2,7,8);1-2H3;2*1H;/q-1;;;;;+2/p-3. The molecule has 3 nitrogen and oxygen atoms in total. The molecule has 1 N–H and O–H groups in total. The Hall–Kier alpha value is -0.532. The Balaban J connectivity index is 0.000000438. The summed E-state index contributed by atoms with van der Waals surface area (Å²) in [5, 5.41) is 5.39. The predicted molar refractivity (Wildman–Crippen MR) is 129 cm³/mol. The van der Waals surface area contributed by atoms with Crippen LogP contribution in [0.3, 0.4) is 0 Å². The number of hydrogen-bond acceptors (Lipinski definition) is 2. The maximum Gasteiger partial charge on any atom is -0.0771 e. The maximum absolute atomic E-state index is 10.1. The number of nitrogens with one attached hydrogen (secondary N) is 1. The van der Waals surface area contributed by atoms with Gasteiger partial charge in [0.25, 0.3) is 0 Å². The van der Waals surface area contributed by atoms with Crippen molar-refractivity contribution in [3.05, 3.63) is 60.3 Å². The fourth-order valence-electron chi connectivity index (χ4n) is 2.35. The van der Waals surface area contributed by atoms with Crippen molar-refractivity contribution < 1.29 is 26.3 Å². The van der Waals surface area contributed by atoms with Crippen molar-refractivity contribution in [1.82, 2.24) is 0 Å². The molecule has 0 aliphatic rings. The van der Waals surface area contributed by atoms with Gasteiger partial charge in [-0.25, -0.2) is 0 Å². The zero-order valence-electron chi connectivity index (χ0n) is 17.7. The quantitative estimate of drug-likeness (QED) is 0.271. The normalized spacial score (nSPS) is 10.0. The molecule has 158 valence electrons. The second kappa shape index (κ2) is 16.2. The average molecular weight is 502 g/mol. The van der Waals surface area contributed by atoms with E-state index in [1.165, 1.54) is 21.5 Å². The summed E-state index contributed by atoms with van der Waals surface area (Å²) in [4.78, 5) is 10.1. The van der Waals surface area contributed by atoms with Crippen molar-refractivity contribution in [3.8, 4) is 0 Å². The van der Waals surface area contributed by atoms with E-state index in [0.29, 0.717) is 6.61 Å². The first-order chi connectivity index (χ1) is 13.7. The number of carbonyl (C=O) groups excluding carboxylic acids is 1. The Morgan fingerprint density at radius 1 is 1.03 bits per heavy atom. The van der Waals surface area contributed by atoms with Crippen LogP contribution >= 0.6 is 18.6 Å². The summed E-state index contributed by atoms with van der Waals surface area (Å²) in [6, 6.07) is 19.3. The van der Waals surface area contributed by atoms with Gasteiger partial charge in [-0.1, -0.05) is 49.5 Å². The van der Waals surface area contributed by atoms with Gasteiger partial charge in [0.15, 0.2) is 8.32 Å². The van der Waals surface area contributed by atoms with E-state index in [2.05, 4.69) is 87.3 Å². The summed E-state index contributed by atoms with van der Waals surface area (Å²) in [6.45, 7) is 10.9. The third-order valence-corrected chi connectivity index (χ3v) is 4.46. The van der Waals surface area contributed by atoms with E-state index in [4.69, 9.17) is 28.8 Å². The average Bonchev–Trinajstić information content (AvgIpc) is 3.01. The van der Waals surface area contributed by atoms with E-state index in [9.17, 15) is 4.79 Å². The maximum atomic E-state index is 10.1. The number of hydrogen-bond donors (Lipinski definition) is 0. The largest absolute Gasteiger partial charge is 0.126 e. The van der Waals surface area contributed by atoms with E-state index < -0.39 is 31.3 Å². The zero-order chi connectivity index (χ0) is 22.3. The molecule has 0 spiro atoms. The molecule has 29 heavy (non-hydrogen) atoms. The minimum Gasteiger partial charge on any atom is -0.126 e. The molecule has 0 saturated heterocycles. The van der Waals surface area contributed by atoms with Gasteiger partial charge in [-0.15, -0.1) is 39.7 Å². The predicted octanol–water partition coefficient (Wildman–Crippen LogP) is 7.68. The molecule has 0 heterocycles. The van der Waals surface area contributed by atoms with E-state index in [0.717, 1.165) is 9.52 Å². The van der Waals surface area contributed by atoms with Crippen molar-refractivity contribution >= 4 is 63.9 Å². The third-order valence-electron chi connectivity index (χ3n) is 3.39. The van der Waals surface area contributed by atoms with Crippen molar-refractivity contribution in [2.24, 2.45) is 0 Å². The minimum absolute atomic E-state index is 0.226. The number of amides is 1. The van der Waals surface area contributed by atoms with Crippen LogP contribution in [0.4, 0.5) is 0 Å². The van der Waals surface area contributed by atoms with Gasteiger partial charge in [0, 0.05) is 22.5 Å². The molecular formula is C21H29Cl2NO2Si2Ti-2. The van der Waals surface area contributed by atoms with Crippen LogP contribution in [0.1, 0.15) is 6.42 Å². The molecule has 3 aromatic carbocycles. The van der Waals surface area contributed by atoms with Gasteiger partial charge in [-0.2, -0.15) is 0 Å². The van der Waals surface area contributed by atoms with Gasteiger partial charge < -0.3 is 15.0 Å². The molecule has 0 unspecified atom stereocenters. The smallest absolute Gasteiger partial charge is 0.0771 e. The molecule has 0 fully saturated rings. The molecular weight excluding hydrogens is 473 g/mol. The van der Waals surface area contributed by atoms with Crippen molar-refractivity contribution in [2.75, 3.05) is 6.61 Å². The summed E-state index contributed by atoms with van der Waals surface area (Å²) in [5.74, 6) is -0.543. The molecule has 2 radical (unpaired) electrons. The van der Waals surface area contributed by atoms with E-state index in [1.807, 2.05) is 0 Å². The molecule has 3 rings (SSSR count). The first kappa shape index (κ1) is 28.5. The van der Waals surface area contributed by atoms with Crippen LogP contribution in [0.25, 0.3) is 27.3 Å².